The summed E-state index contributed by atoms with van der Waals surface area (Å²) in [5.41, 5.74) is 13.5. The molecule has 0 saturated carbocycles. The van der Waals surface area contributed by atoms with E-state index in [-0.39, 0.29) is 0 Å². The fourth-order valence-electron chi connectivity index (χ4n) is 4.49. The first kappa shape index (κ1) is 23.2. The van der Waals surface area contributed by atoms with Gasteiger partial charge in [-0.2, -0.15) is 0 Å². The number of aliphatic hydroxyl groups excluding tert-OH is 1. The van der Waals surface area contributed by atoms with E-state index in [4.69, 9.17) is 5.73 Å². The predicted molar refractivity (Wildman–Crippen MR) is 136 cm³/mol. The van der Waals surface area contributed by atoms with E-state index in [1.54, 1.807) is 0 Å². The molecule has 1 aliphatic heterocycles. The number of allylic oxidation sites excluding steroid dienone is 1. The maximum Gasteiger partial charge on any atom is 0.118 e. The van der Waals surface area contributed by atoms with Gasteiger partial charge >= 0.3 is 0 Å². The Morgan fingerprint density at radius 3 is 2.88 bits per heavy atom. The number of aliphatic imine (C=N–C) groups is 1. The van der Waals surface area contributed by atoms with Crippen molar-refractivity contribution in [1.29, 1.82) is 0 Å². The summed E-state index contributed by atoms with van der Waals surface area (Å²) >= 11 is 0. The number of hydrogen-bond donors (Lipinski definition) is 2. The fraction of sp³-hybridized carbons (Fsp3) is 0.407. The molecule has 3 aromatic rings. The number of β-amino-alcohol motifs (C(OH)–C–C–N with tert-alkyl or cyclic N) is 1. The average molecular weight is 446 g/mol. The Labute approximate surface area is 196 Å². The van der Waals surface area contributed by atoms with Crippen LogP contribution in [0.25, 0.3) is 16.6 Å². The van der Waals surface area contributed by atoms with Crippen LogP contribution in [0.5, 0.6) is 0 Å². The summed E-state index contributed by atoms with van der Waals surface area (Å²) < 4.78 is 2.03. The molecule has 6 nitrogen and oxygen atoms in total. The molecule has 2 heterocycles. The first-order valence-electron chi connectivity index (χ1n) is 11.9. The number of fused-ring (bicyclic) bond motifs is 2. The zero-order valence-electron chi connectivity index (χ0n) is 19.7. The third-order valence-corrected chi connectivity index (χ3v) is 6.38. The number of unbranched alkanes of at least 4 members (excludes halogenated alkanes) is 1. The molecule has 1 atom stereocenters. The van der Waals surface area contributed by atoms with Crippen molar-refractivity contribution in [3.63, 3.8) is 0 Å². The van der Waals surface area contributed by atoms with Crippen molar-refractivity contribution < 1.29 is 5.11 Å². The maximum atomic E-state index is 10.6. The lowest BCUT2D eigenvalue weighted by atomic mass is 9.99. The van der Waals surface area contributed by atoms with Crippen molar-refractivity contribution in [2.45, 2.75) is 45.3 Å². The van der Waals surface area contributed by atoms with E-state index in [0.717, 1.165) is 55.4 Å². The van der Waals surface area contributed by atoms with Gasteiger partial charge in [0.25, 0.3) is 0 Å². The monoisotopic (exact) mass is 445 g/mol. The summed E-state index contributed by atoms with van der Waals surface area (Å²) in [5, 5.41) is 10.6. The van der Waals surface area contributed by atoms with Crippen LogP contribution in [0, 0.1) is 0 Å². The van der Waals surface area contributed by atoms with Gasteiger partial charge in [-0.1, -0.05) is 43.7 Å². The number of imidazole rings is 1. The Morgan fingerprint density at radius 1 is 1.24 bits per heavy atom. The van der Waals surface area contributed by atoms with Gasteiger partial charge in [0, 0.05) is 26.7 Å². The number of aromatic nitrogens is 2. The third-order valence-electron chi connectivity index (χ3n) is 6.38. The van der Waals surface area contributed by atoms with Crippen molar-refractivity contribution in [2.24, 2.45) is 17.8 Å². The van der Waals surface area contributed by atoms with Crippen LogP contribution in [0.1, 0.15) is 42.9 Å². The quantitative estimate of drug-likeness (QED) is 0.386. The Morgan fingerprint density at radius 2 is 2.06 bits per heavy atom. The molecule has 0 bridgehead atoms. The molecule has 0 fully saturated rings. The first-order valence-corrected chi connectivity index (χ1v) is 11.9. The van der Waals surface area contributed by atoms with Crippen LogP contribution in [0.3, 0.4) is 0 Å². The molecule has 0 saturated heterocycles. The highest BCUT2D eigenvalue weighted by Crippen LogP contribution is 2.24. The molecule has 174 valence electrons. The number of aliphatic hydroxyl groups is 1. The Hall–Kier alpha value is -2.96. The lowest BCUT2D eigenvalue weighted by molar-refractivity contribution is 0.112. The molecule has 1 unspecified atom stereocenters. The first-order chi connectivity index (χ1) is 16.0. The average Bonchev–Trinajstić information content (AvgIpc) is 3.20. The van der Waals surface area contributed by atoms with Gasteiger partial charge in [0.1, 0.15) is 5.84 Å². The second-order valence-corrected chi connectivity index (χ2v) is 9.01. The lowest BCUT2D eigenvalue weighted by Crippen LogP contribution is -2.37. The maximum absolute atomic E-state index is 10.6. The summed E-state index contributed by atoms with van der Waals surface area (Å²) in [6.07, 6.45) is 7.43. The molecule has 0 spiro atoms. The van der Waals surface area contributed by atoms with Crippen molar-refractivity contribution >= 4 is 22.4 Å². The number of benzene rings is 2. The van der Waals surface area contributed by atoms with Crippen LogP contribution < -0.4 is 5.73 Å². The van der Waals surface area contributed by atoms with Gasteiger partial charge in [-0.15, -0.1) is 0 Å². The number of nitrogens with zero attached hydrogens (tertiary/aromatic N) is 4. The van der Waals surface area contributed by atoms with Gasteiger partial charge in [-0.25, -0.2) is 4.98 Å². The van der Waals surface area contributed by atoms with Crippen molar-refractivity contribution in [3.8, 4) is 0 Å². The van der Waals surface area contributed by atoms with E-state index in [1.807, 2.05) is 24.0 Å². The minimum atomic E-state index is -0.535. The molecule has 6 heteroatoms. The van der Waals surface area contributed by atoms with Crippen LogP contribution in [-0.4, -0.2) is 51.1 Å². The van der Waals surface area contributed by atoms with Crippen LogP contribution in [-0.2, 0) is 20.0 Å². The second kappa shape index (κ2) is 10.8. The third kappa shape index (κ3) is 5.89. The summed E-state index contributed by atoms with van der Waals surface area (Å²) in [5.74, 6) is 0.467. The van der Waals surface area contributed by atoms with Gasteiger partial charge < -0.3 is 15.4 Å². The number of rotatable bonds is 9. The van der Waals surface area contributed by atoms with E-state index < -0.39 is 6.10 Å². The molecule has 0 amide bonds. The molecule has 1 aromatic heterocycles. The van der Waals surface area contributed by atoms with Gasteiger partial charge in [0.05, 0.1) is 30.0 Å². The molecule has 4 rings (SSSR count). The van der Waals surface area contributed by atoms with Gasteiger partial charge in [-0.3, -0.25) is 9.89 Å². The molecule has 2 aromatic carbocycles. The van der Waals surface area contributed by atoms with Crippen LogP contribution in [0.4, 0.5) is 0 Å². The zero-order valence-corrected chi connectivity index (χ0v) is 19.7. The number of nitrogens with two attached hydrogens (primary N) is 1. The number of amidine groups is 1. The highest BCUT2D eigenvalue weighted by atomic mass is 16.3. The van der Waals surface area contributed by atoms with Crippen LogP contribution in [0.15, 0.2) is 59.9 Å². The van der Waals surface area contributed by atoms with E-state index in [0.29, 0.717) is 18.9 Å². The Kier molecular flexibility index (Phi) is 7.57. The number of aryl methyl sites for hydroxylation is 1. The Bertz CT molecular complexity index is 1150. The molecule has 3 N–H and O–H groups in total. The topological polar surface area (TPSA) is 79.7 Å². The molecule has 0 aliphatic carbocycles. The molecule has 1 aliphatic rings. The molecular weight excluding hydrogens is 410 g/mol. The van der Waals surface area contributed by atoms with Crippen molar-refractivity contribution in [1.82, 2.24) is 14.5 Å². The predicted octanol–water partition coefficient (Wildman–Crippen LogP) is 3.92. The van der Waals surface area contributed by atoms with Gasteiger partial charge in [0.2, 0.25) is 0 Å². The van der Waals surface area contributed by atoms with E-state index >= 15 is 0 Å². The summed E-state index contributed by atoms with van der Waals surface area (Å²) in [6.45, 7) is 4.94. The normalized spacial score (nSPS) is 16.2. The van der Waals surface area contributed by atoms with Gasteiger partial charge in [0.15, 0.2) is 0 Å². The van der Waals surface area contributed by atoms with E-state index in [9.17, 15) is 5.11 Å². The summed E-state index contributed by atoms with van der Waals surface area (Å²) in [6, 6.07) is 14.9. The SMILES string of the molecule is CCCCC(=CC(N)=NCC(O)CN1CCc2ccccc2C1)c1ccc2ncn(C)c2c1. The molecule has 33 heavy (non-hydrogen) atoms. The fourth-order valence-corrected chi connectivity index (χ4v) is 4.49. The lowest BCUT2D eigenvalue weighted by Gasteiger charge is -2.30. The highest BCUT2D eigenvalue weighted by molar-refractivity contribution is 5.98. The highest BCUT2D eigenvalue weighted by Gasteiger charge is 2.18. The van der Waals surface area contributed by atoms with Crippen LogP contribution in [0.2, 0.25) is 0 Å². The largest absolute Gasteiger partial charge is 0.390 e. The minimum absolute atomic E-state index is 0.308. The molecule has 0 radical (unpaired) electrons. The van der Waals surface area contributed by atoms with E-state index in [1.165, 1.54) is 16.7 Å². The minimum Gasteiger partial charge on any atom is -0.390 e. The summed E-state index contributed by atoms with van der Waals surface area (Å²) in [7, 11) is 2.01. The van der Waals surface area contributed by atoms with Gasteiger partial charge in [-0.05, 0) is 59.7 Å². The Balaban J connectivity index is 1.41. The smallest absolute Gasteiger partial charge is 0.118 e. The van der Waals surface area contributed by atoms with Crippen LogP contribution >= 0.6 is 0 Å². The summed E-state index contributed by atoms with van der Waals surface area (Å²) in [4.78, 5) is 11.2. The van der Waals surface area contributed by atoms with E-state index in [2.05, 4.69) is 64.3 Å². The van der Waals surface area contributed by atoms with Crippen molar-refractivity contribution in [3.05, 3.63) is 71.6 Å². The van der Waals surface area contributed by atoms with Crippen molar-refractivity contribution in [2.75, 3.05) is 19.6 Å². The zero-order chi connectivity index (χ0) is 23.2. The second-order valence-electron chi connectivity index (χ2n) is 9.01. The standard InChI is InChI=1S/C27H35N5O/c1-3-4-7-21(22-10-11-25-26(14-22)31(2)19-30-25)15-27(28)29-16-24(33)18-32-13-12-20-8-5-6-9-23(20)17-32/h5-6,8-11,14-15,19,24,33H,3-4,7,12-13,16-18H2,1-2H3,(H2,28,29). The molecular formula is C27H35N5O. The number of hydrogen-bond acceptors (Lipinski definition) is 4.